The van der Waals surface area contributed by atoms with Crippen LogP contribution in [-0.4, -0.2) is 24.8 Å². The summed E-state index contributed by atoms with van der Waals surface area (Å²) < 4.78 is 82.4. The standard InChI is InChI=1S/C24H37F3O4S2/c1-2-3-4-5-6-7-8-9-10-14-17-31-22-21(27)23(32-18-15-12-11-13-16-18)19(25)20(26)24(22)33(28,29)30/h18H,2-17H2,1H3,(H,28,29,30). The molecular weight excluding hydrogens is 473 g/mol. The van der Waals surface area contributed by atoms with Crippen molar-refractivity contribution in [2.45, 2.75) is 118 Å². The van der Waals surface area contributed by atoms with Gasteiger partial charge in [0.1, 0.15) is 0 Å². The minimum Gasteiger partial charge on any atom is -0.489 e. The van der Waals surface area contributed by atoms with Gasteiger partial charge in [-0.3, -0.25) is 4.55 Å². The third kappa shape index (κ3) is 8.98. The van der Waals surface area contributed by atoms with Crippen LogP contribution in [0.2, 0.25) is 0 Å². The molecule has 0 atom stereocenters. The van der Waals surface area contributed by atoms with Crippen LogP contribution in [0.5, 0.6) is 5.75 Å². The van der Waals surface area contributed by atoms with Crippen molar-refractivity contribution in [1.82, 2.24) is 0 Å². The molecular formula is C24H37F3O4S2. The number of unbranched alkanes of at least 4 members (excludes halogenated alkanes) is 9. The van der Waals surface area contributed by atoms with Gasteiger partial charge in [0, 0.05) is 5.25 Å². The molecule has 1 aromatic rings. The minimum atomic E-state index is -5.21. The second-order valence-corrected chi connectivity index (χ2v) is 11.5. The van der Waals surface area contributed by atoms with Crippen LogP contribution in [0.3, 0.4) is 0 Å². The SMILES string of the molecule is CCCCCCCCCCCCOc1c(F)c(SC2CCCCC2)c(F)c(F)c1S(=O)(=O)O. The molecule has 0 amide bonds. The molecule has 0 bridgehead atoms. The van der Waals surface area contributed by atoms with Gasteiger partial charge in [-0.05, 0) is 19.3 Å². The summed E-state index contributed by atoms with van der Waals surface area (Å²) >= 11 is 0.879. The van der Waals surface area contributed by atoms with Gasteiger partial charge in [-0.25, -0.2) is 13.2 Å². The number of hydrogen-bond acceptors (Lipinski definition) is 4. The summed E-state index contributed by atoms with van der Waals surface area (Å²) in [5, 5.41) is -0.0754. The molecule has 2 rings (SSSR count). The van der Waals surface area contributed by atoms with Crippen molar-refractivity contribution in [3.63, 3.8) is 0 Å². The predicted octanol–water partition coefficient (Wildman–Crippen LogP) is 8.08. The Hall–Kier alpha value is -0.930. The highest BCUT2D eigenvalue weighted by molar-refractivity contribution is 8.00. The second-order valence-electron chi connectivity index (χ2n) is 8.81. The Bertz CT molecular complexity index is 841. The maximum absolute atomic E-state index is 15.1. The fraction of sp³-hybridized carbons (Fsp3) is 0.750. The first-order valence-corrected chi connectivity index (χ1v) is 14.6. The van der Waals surface area contributed by atoms with E-state index in [0.29, 0.717) is 6.42 Å². The normalized spacial score (nSPS) is 15.2. The van der Waals surface area contributed by atoms with Crippen molar-refractivity contribution in [3.05, 3.63) is 17.5 Å². The van der Waals surface area contributed by atoms with E-state index in [9.17, 15) is 21.8 Å². The van der Waals surface area contributed by atoms with E-state index in [4.69, 9.17) is 4.74 Å². The highest BCUT2D eigenvalue weighted by atomic mass is 32.2. The molecule has 0 aromatic heterocycles. The van der Waals surface area contributed by atoms with Crippen LogP contribution in [0.25, 0.3) is 0 Å². The monoisotopic (exact) mass is 510 g/mol. The van der Waals surface area contributed by atoms with Crippen LogP contribution in [-0.2, 0) is 10.1 Å². The Kier molecular flexibility index (Phi) is 12.4. The van der Waals surface area contributed by atoms with Crippen LogP contribution in [0.15, 0.2) is 9.79 Å². The van der Waals surface area contributed by atoms with E-state index >= 15 is 4.39 Å². The summed E-state index contributed by atoms with van der Waals surface area (Å²) in [6.07, 6.45) is 15.1. The summed E-state index contributed by atoms with van der Waals surface area (Å²) in [7, 11) is -5.21. The molecule has 33 heavy (non-hydrogen) atoms. The van der Waals surface area contributed by atoms with E-state index in [1.807, 2.05) is 0 Å². The Morgan fingerprint density at radius 1 is 0.848 bits per heavy atom. The molecule has 0 heterocycles. The lowest BCUT2D eigenvalue weighted by atomic mass is 10.0. The van der Waals surface area contributed by atoms with Crippen molar-refractivity contribution in [2.24, 2.45) is 0 Å². The quantitative estimate of drug-likeness (QED) is 0.147. The van der Waals surface area contributed by atoms with E-state index in [1.165, 1.54) is 32.1 Å². The number of hydrogen-bond donors (Lipinski definition) is 1. The molecule has 0 aliphatic heterocycles. The summed E-state index contributed by atoms with van der Waals surface area (Å²) in [4.78, 5) is -2.04. The fourth-order valence-electron chi connectivity index (χ4n) is 4.17. The van der Waals surface area contributed by atoms with E-state index in [2.05, 4.69) is 6.92 Å². The van der Waals surface area contributed by atoms with Gasteiger partial charge in [0.2, 0.25) is 0 Å². The zero-order valence-electron chi connectivity index (χ0n) is 19.5. The molecule has 1 N–H and O–H groups in total. The average Bonchev–Trinajstić information content (AvgIpc) is 2.78. The molecule has 0 unspecified atom stereocenters. The molecule has 0 saturated heterocycles. The topological polar surface area (TPSA) is 63.6 Å². The highest BCUT2D eigenvalue weighted by Gasteiger charge is 2.34. The van der Waals surface area contributed by atoms with Gasteiger partial charge in [0.25, 0.3) is 0 Å². The average molecular weight is 511 g/mol. The third-order valence-electron chi connectivity index (χ3n) is 6.04. The van der Waals surface area contributed by atoms with Gasteiger partial charge >= 0.3 is 10.1 Å². The van der Waals surface area contributed by atoms with Crippen molar-refractivity contribution in [1.29, 1.82) is 0 Å². The van der Waals surface area contributed by atoms with E-state index < -0.39 is 43.1 Å². The van der Waals surface area contributed by atoms with Gasteiger partial charge in [-0.1, -0.05) is 84.0 Å². The van der Waals surface area contributed by atoms with E-state index in [1.54, 1.807) is 0 Å². The molecule has 0 spiro atoms. The number of halogens is 3. The van der Waals surface area contributed by atoms with Crippen LogP contribution in [0.4, 0.5) is 13.2 Å². The predicted molar refractivity (Wildman–Crippen MR) is 126 cm³/mol. The smallest absolute Gasteiger partial charge is 0.301 e. The van der Waals surface area contributed by atoms with Crippen molar-refractivity contribution in [2.75, 3.05) is 6.61 Å². The summed E-state index contributed by atoms with van der Waals surface area (Å²) in [6, 6.07) is 0. The molecule has 190 valence electrons. The number of rotatable bonds is 15. The first kappa shape index (κ1) is 28.3. The van der Waals surface area contributed by atoms with E-state index in [0.717, 1.165) is 69.5 Å². The van der Waals surface area contributed by atoms with Crippen molar-refractivity contribution < 1.29 is 30.9 Å². The second kappa shape index (κ2) is 14.5. The minimum absolute atomic E-state index is 0.0471. The molecule has 1 aromatic carbocycles. The number of ether oxygens (including phenoxy) is 1. The molecule has 0 radical (unpaired) electrons. The lowest BCUT2D eigenvalue weighted by molar-refractivity contribution is 0.269. The number of benzene rings is 1. The van der Waals surface area contributed by atoms with Gasteiger partial charge < -0.3 is 4.74 Å². The van der Waals surface area contributed by atoms with Gasteiger partial charge in [0.15, 0.2) is 28.1 Å². The van der Waals surface area contributed by atoms with Crippen LogP contribution in [0.1, 0.15) is 103 Å². The first-order chi connectivity index (χ1) is 15.8. The molecule has 4 nitrogen and oxygen atoms in total. The summed E-state index contributed by atoms with van der Waals surface area (Å²) in [5.41, 5.74) is 0. The van der Waals surface area contributed by atoms with Crippen LogP contribution in [0, 0.1) is 17.5 Å². The molecule has 9 heteroatoms. The summed E-state index contributed by atoms with van der Waals surface area (Å²) in [5.74, 6) is -5.58. The zero-order chi connectivity index (χ0) is 24.3. The van der Waals surface area contributed by atoms with Crippen LogP contribution >= 0.6 is 11.8 Å². The molecule has 1 aliphatic rings. The maximum Gasteiger partial charge on any atom is 0.301 e. The van der Waals surface area contributed by atoms with Crippen molar-refractivity contribution >= 4 is 21.9 Å². The van der Waals surface area contributed by atoms with Gasteiger partial charge in [0.05, 0.1) is 11.5 Å². The fourth-order valence-corrected chi connectivity index (χ4v) is 6.16. The zero-order valence-corrected chi connectivity index (χ0v) is 21.1. The van der Waals surface area contributed by atoms with Crippen LogP contribution < -0.4 is 4.74 Å². The third-order valence-corrected chi connectivity index (χ3v) is 8.31. The Morgan fingerprint density at radius 3 is 1.94 bits per heavy atom. The number of thioether (sulfide) groups is 1. The molecule has 1 saturated carbocycles. The lowest BCUT2D eigenvalue weighted by Gasteiger charge is -2.22. The van der Waals surface area contributed by atoms with E-state index in [-0.39, 0.29) is 11.9 Å². The molecule has 1 aliphatic carbocycles. The van der Waals surface area contributed by atoms with Gasteiger partial charge in [-0.15, -0.1) is 11.8 Å². The van der Waals surface area contributed by atoms with Gasteiger partial charge in [-0.2, -0.15) is 8.42 Å². The molecule has 1 fully saturated rings. The first-order valence-electron chi connectivity index (χ1n) is 12.2. The maximum atomic E-state index is 15.1. The van der Waals surface area contributed by atoms with Crippen molar-refractivity contribution in [3.8, 4) is 5.75 Å². The highest BCUT2D eigenvalue weighted by Crippen LogP contribution is 2.43. The Balaban J connectivity index is 1.98. The Labute approximate surface area is 200 Å². The Morgan fingerprint density at radius 2 is 1.39 bits per heavy atom. The largest absolute Gasteiger partial charge is 0.489 e. The summed E-state index contributed by atoms with van der Waals surface area (Å²) in [6.45, 7) is 2.14. The lowest BCUT2D eigenvalue weighted by Crippen LogP contribution is -2.14.